The third-order valence-electron chi connectivity index (χ3n) is 1.18. The third-order valence-corrected chi connectivity index (χ3v) is 1.18. The van der Waals surface area contributed by atoms with Crippen LogP contribution in [0, 0.1) is 11.3 Å². The second kappa shape index (κ2) is 4.42. The summed E-state index contributed by atoms with van der Waals surface area (Å²) in [5.41, 5.74) is 0.124. The van der Waals surface area contributed by atoms with E-state index in [2.05, 4.69) is 16.1 Å². The van der Waals surface area contributed by atoms with Gasteiger partial charge in [0, 0.05) is 19.4 Å². The van der Waals surface area contributed by atoms with Gasteiger partial charge in [-0.05, 0) is 6.92 Å². The Balaban J connectivity index is 4.58. The second-order valence-corrected chi connectivity index (χ2v) is 2.82. The maximum atomic E-state index is 11.0. The molecule has 0 radical (unpaired) electrons. The number of hydrogen-bond donors (Lipinski definition) is 0. The van der Waals surface area contributed by atoms with Crippen molar-refractivity contribution >= 4 is 11.9 Å². The van der Waals surface area contributed by atoms with Gasteiger partial charge in [-0.25, -0.2) is 4.79 Å². The summed E-state index contributed by atoms with van der Waals surface area (Å²) in [6, 6.07) is 1.57. The van der Waals surface area contributed by atoms with Gasteiger partial charge in [-0.15, -0.1) is 0 Å². The van der Waals surface area contributed by atoms with Gasteiger partial charge in [-0.3, -0.25) is 4.79 Å². The van der Waals surface area contributed by atoms with Gasteiger partial charge >= 0.3 is 17.7 Å². The van der Waals surface area contributed by atoms with Gasteiger partial charge in [-0.1, -0.05) is 6.58 Å². The van der Waals surface area contributed by atoms with Gasteiger partial charge < -0.3 is 9.47 Å². The number of nitriles is 1. The molecule has 0 saturated heterocycles. The highest BCUT2D eigenvalue weighted by atomic mass is 16.7. The number of carbonyl (C=O) groups excluding carboxylic acids is 2. The summed E-state index contributed by atoms with van der Waals surface area (Å²) in [4.78, 5) is 21.6. The first-order chi connectivity index (χ1) is 6.30. The second-order valence-electron chi connectivity index (χ2n) is 2.82. The predicted molar refractivity (Wildman–Crippen MR) is 46.7 cm³/mol. The molecule has 0 spiro atoms. The monoisotopic (exact) mass is 197 g/mol. The van der Waals surface area contributed by atoms with Crippen LogP contribution in [-0.4, -0.2) is 17.7 Å². The molecule has 76 valence electrons. The highest BCUT2D eigenvalue weighted by molar-refractivity contribution is 5.87. The summed E-state index contributed by atoms with van der Waals surface area (Å²) in [7, 11) is 0. The fourth-order valence-electron chi connectivity index (χ4n) is 0.605. The molecule has 0 aromatic rings. The van der Waals surface area contributed by atoms with E-state index in [4.69, 9.17) is 5.26 Å². The molecule has 1 unspecified atom stereocenters. The molecular formula is C9H11NO4. The van der Waals surface area contributed by atoms with E-state index in [1.807, 2.05) is 0 Å². The Bertz CT molecular complexity index is 315. The summed E-state index contributed by atoms with van der Waals surface area (Å²) >= 11 is 0. The van der Waals surface area contributed by atoms with Crippen LogP contribution in [0.3, 0.4) is 0 Å². The molecule has 0 aromatic heterocycles. The average molecular weight is 197 g/mol. The van der Waals surface area contributed by atoms with Crippen LogP contribution in [0.4, 0.5) is 0 Å². The van der Waals surface area contributed by atoms with Crippen molar-refractivity contribution in [2.45, 2.75) is 26.6 Å². The number of carbonyl (C=O) groups is 2. The van der Waals surface area contributed by atoms with Crippen LogP contribution < -0.4 is 0 Å². The van der Waals surface area contributed by atoms with E-state index in [1.54, 1.807) is 6.07 Å². The fraction of sp³-hybridized carbons (Fsp3) is 0.444. The minimum atomic E-state index is -1.89. The van der Waals surface area contributed by atoms with Crippen LogP contribution in [0.15, 0.2) is 12.2 Å². The zero-order valence-corrected chi connectivity index (χ0v) is 8.29. The zero-order chi connectivity index (χ0) is 11.4. The Morgan fingerprint density at radius 1 is 1.36 bits per heavy atom. The number of rotatable bonds is 3. The smallest absolute Gasteiger partial charge is 0.343 e. The van der Waals surface area contributed by atoms with Crippen molar-refractivity contribution in [1.82, 2.24) is 0 Å². The largest absolute Gasteiger partial charge is 0.409 e. The molecule has 0 aliphatic rings. The number of esters is 2. The predicted octanol–water partition coefficient (Wildman–Crippen LogP) is 0.909. The molecule has 1 atom stereocenters. The molecule has 14 heavy (non-hydrogen) atoms. The molecule has 0 aliphatic carbocycles. The van der Waals surface area contributed by atoms with Gasteiger partial charge in [-0.2, -0.15) is 5.26 Å². The van der Waals surface area contributed by atoms with E-state index >= 15 is 0 Å². The van der Waals surface area contributed by atoms with Gasteiger partial charge in [0.25, 0.3) is 0 Å². The molecule has 5 nitrogen and oxygen atoms in total. The van der Waals surface area contributed by atoms with Gasteiger partial charge in [0.05, 0.1) is 0 Å². The molecule has 5 heteroatoms. The van der Waals surface area contributed by atoms with Crippen molar-refractivity contribution in [2.75, 3.05) is 0 Å². The number of ether oxygens (including phenoxy) is 2. The lowest BCUT2D eigenvalue weighted by Crippen LogP contribution is -2.35. The summed E-state index contributed by atoms with van der Waals surface area (Å²) in [5.74, 6) is -3.37. The van der Waals surface area contributed by atoms with Gasteiger partial charge in [0.15, 0.2) is 6.07 Å². The van der Waals surface area contributed by atoms with E-state index in [1.165, 1.54) is 13.8 Å². The maximum Gasteiger partial charge on any atom is 0.343 e. The van der Waals surface area contributed by atoms with Crippen molar-refractivity contribution in [1.29, 1.82) is 5.26 Å². The molecule has 0 heterocycles. The van der Waals surface area contributed by atoms with Crippen LogP contribution in [0.1, 0.15) is 20.8 Å². The summed E-state index contributed by atoms with van der Waals surface area (Å²) in [5, 5.41) is 8.63. The third kappa shape index (κ3) is 3.72. The van der Waals surface area contributed by atoms with E-state index in [-0.39, 0.29) is 5.57 Å². The molecule has 0 N–H and O–H groups in total. The van der Waals surface area contributed by atoms with Crippen molar-refractivity contribution < 1.29 is 19.1 Å². The highest BCUT2D eigenvalue weighted by Gasteiger charge is 2.32. The van der Waals surface area contributed by atoms with Crippen LogP contribution in [0.25, 0.3) is 0 Å². The van der Waals surface area contributed by atoms with Crippen LogP contribution >= 0.6 is 0 Å². The van der Waals surface area contributed by atoms with Crippen molar-refractivity contribution in [3.63, 3.8) is 0 Å². The van der Waals surface area contributed by atoms with E-state index in [0.29, 0.717) is 0 Å². The zero-order valence-electron chi connectivity index (χ0n) is 8.29. The molecule has 0 aromatic carbocycles. The lowest BCUT2D eigenvalue weighted by Gasteiger charge is -2.20. The molecule has 0 saturated carbocycles. The Morgan fingerprint density at radius 2 is 1.86 bits per heavy atom. The fourth-order valence-corrected chi connectivity index (χ4v) is 0.605. The highest BCUT2D eigenvalue weighted by Crippen LogP contribution is 2.13. The topological polar surface area (TPSA) is 76.4 Å². The summed E-state index contributed by atoms with van der Waals surface area (Å²) in [6.45, 7) is 7.04. The standard InChI is InChI=1S/C9H11NO4/c1-6(2)8(12)14-9(4,5-10)13-7(3)11/h1H2,2-4H3. The van der Waals surface area contributed by atoms with E-state index in [0.717, 1.165) is 6.92 Å². The summed E-state index contributed by atoms with van der Waals surface area (Å²) in [6.07, 6.45) is 0. The minimum Gasteiger partial charge on any atom is -0.409 e. The normalized spacial score (nSPS) is 13.3. The first kappa shape index (κ1) is 12.2. The number of nitrogens with zero attached hydrogens (tertiary/aromatic N) is 1. The Kier molecular flexibility index (Phi) is 3.84. The van der Waals surface area contributed by atoms with Crippen molar-refractivity contribution in [3.05, 3.63) is 12.2 Å². The maximum absolute atomic E-state index is 11.0. The molecule has 0 rings (SSSR count). The van der Waals surface area contributed by atoms with Crippen LogP contribution in [-0.2, 0) is 19.1 Å². The Hall–Kier alpha value is -1.83. The quantitative estimate of drug-likeness (QED) is 0.382. The average Bonchev–Trinajstić information content (AvgIpc) is 2.02. The molecule has 0 fully saturated rings. The van der Waals surface area contributed by atoms with E-state index in [9.17, 15) is 9.59 Å². The molecule has 0 amide bonds. The van der Waals surface area contributed by atoms with E-state index < -0.39 is 17.7 Å². The SMILES string of the molecule is C=C(C)C(=O)OC(C)(C#N)OC(C)=O. The Labute approximate surface area is 81.9 Å². The molecule has 0 aliphatic heterocycles. The lowest BCUT2D eigenvalue weighted by molar-refractivity contribution is -0.199. The first-order valence-corrected chi connectivity index (χ1v) is 3.80. The van der Waals surface area contributed by atoms with Crippen molar-refractivity contribution in [2.24, 2.45) is 0 Å². The lowest BCUT2D eigenvalue weighted by atomic mass is 10.3. The first-order valence-electron chi connectivity index (χ1n) is 3.80. The Morgan fingerprint density at radius 3 is 2.14 bits per heavy atom. The molecule has 0 bridgehead atoms. The summed E-state index contributed by atoms with van der Waals surface area (Å²) < 4.78 is 9.14. The number of hydrogen-bond acceptors (Lipinski definition) is 5. The molecular weight excluding hydrogens is 186 g/mol. The van der Waals surface area contributed by atoms with Crippen LogP contribution in [0.2, 0.25) is 0 Å². The van der Waals surface area contributed by atoms with Gasteiger partial charge in [0.2, 0.25) is 0 Å². The van der Waals surface area contributed by atoms with Crippen LogP contribution in [0.5, 0.6) is 0 Å². The minimum absolute atomic E-state index is 0.124. The van der Waals surface area contributed by atoms with Crippen molar-refractivity contribution in [3.8, 4) is 6.07 Å². The van der Waals surface area contributed by atoms with Gasteiger partial charge in [0.1, 0.15) is 0 Å².